The number of fused-ring (bicyclic) bond motifs is 1. The van der Waals surface area contributed by atoms with Gasteiger partial charge in [0.2, 0.25) is 10.0 Å². The summed E-state index contributed by atoms with van der Waals surface area (Å²) in [5.74, 6) is 1.06. The van der Waals surface area contributed by atoms with Gasteiger partial charge in [-0.3, -0.25) is 0 Å². The SMILES string of the molecule is CCCS(=O)(=O)NCC1C=CC(c2cc3ccccc3c(N3CCN(CC)CC3)n2)=CC1Cl.Cl. The lowest BCUT2D eigenvalue weighted by Crippen LogP contribution is -2.46. The summed E-state index contributed by atoms with van der Waals surface area (Å²) in [6.45, 7) is 9.44. The van der Waals surface area contributed by atoms with Crippen LogP contribution in [0, 0.1) is 5.92 Å². The fraction of sp³-hybridized carbons (Fsp3) is 0.480. The Kier molecular flexibility index (Phi) is 9.41. The van der Waals surface area contributed by atoms with Crippen LogP contribution in [0.25, 0.3) is 16.3 Å². The summed E-state index contributed by atoms with van der Waals surface area (Å²) in [4.78, 5) is 9.93. The topological polar surface area (TPSA) is 65.5 Å². The normalized spacial score (nSPS) is 21.4. The van der Waals surface area contributed by atoms with Crippen LogP contribution in [0.4, 0.5) is 5.82 Å². The first-order valence-electron chi connectivity index (χ1n) is 11.8. The number of sulfonamides is 1. The minimum atomic E-state index is -3.25. The highest BCUT2D eigenvalue weighted by Crippen LogP contribution is 2.32. The molecule has 2 aliphatic rings. The molecule has 2 atom stereocenters. The molecule has 6 nitrogen and oxygen atoms in total. The number of allylic oxidation sites excluding steroid dienone is 3. The monoisotopic (exact) mass is 524 g/mol. The number of nitrogens with zero attached hydrogens (tertiary/aromatic N) is 3. The Balaban J connectivity index is 0.00000324. The molecule has 2 aromatic rings. The lowest BCUT2D eigenvalue weighted by Gasteiger charge is -2.35. The molecule has 1 saturated heterocycles. The largest absolute Gasteiger partial charge is 0.354 e. The number of hydrogen-bond donors (Lipinski definition) is 1. The molecule has 1 N–H and O–H groups in total. The van der Waals surface area contributed by atoms with Gasteiger partial charge < -0.3 is 9.80 Å². The van der Waals surface area contributed by atoms with Crippen LogP contribution in [0.5, 0.6) is 0 Å². The molecule has 1 aromatic heterocycles. The Labute approximate surface area is 214 Å². The highest BCUT2D eigenvalue weighted by atomic mass is 35.5. The quantitative estimate of drug-likeness (QED) is 0.521. The van der Waals surface area contributed by atoms with Crippen LogP contribution in [0.2, 0.25) is 0 Å². The van der Waals surface area contributed by atoms with Crippen molar-refractivity contribution in [3.05, 3.63) is 54.3 Å². The summed E-state index contributed by atoms with van der Waals surface area (Å²) in [5.41, 5.74) is 1.87. The zero-order chi connectivity index (χ0) is 23.4. The standard InChI is InChI=1S/C25H33ClN4O2S.ClH/c1-3-15-33(31,32)27-18-21-10-9-20(16-23(21)26)24-17-19-7-5-6-8-22(19)25(28-24)30-13-11-29(4-2)12-14-30;/h5-10,16-17,21,23,27H,3-4,11-15,18H2,1-2H3;1H. The summed E-state index contributed by atoms with van der Waals surface area (Å²) in [5, 5.41) is 2.02. The van der Waals surface area contributed by atoms with Gasteiger partial charge in [0.1, 0.15) is 5.82 Å². The van der Waals surface area contributed by atoms with Crippen molar-refractivity contribution in [1.29, 1.82) is 0 Å². The molecule has 1 aliphatic carbocycles. The lowest BCUT2D eigenvalue weighted by molar-refractivity contribution is 0.271. The van der Waals surface area contributed by atoms with Crippen LogP contribution >= 0.6 is 24.0 Å². The predicted octanol–water partition coefficient (Wildman–Crippen LogP) is 4.30. The smallest absolute Gasteiger partial charge is 0.211 e. The van der Waals surface area contributed by atoms with Crippen LogP contribution in [0.3, 0.4) is 0 Å². The van der Waals surface area contributed by atoms with Crippen LogP contribution in [0.15, 0.2) is 48.6 Å². The molecular formula is C25H34Cl2N4O2S. The highest BCUT2D eigenvalue weighted by Gasteiger charge is 2.24. The minimum Gasteiger partial charge on any atom is -0.354 e. The summed E-state index contributed by atoms with van der Waals surface area (Å²) in [6, 6.07) is 10.5. The van der Waals surface area contributed by atoms with Gasteiger partial charge in [0.25, 0.3) is 0 Å². The van der Waals surface area contributed by atoms with E-state index in [1.54, 1.807) is 0 Å². The third-order valence-corrected chi connectivity index (χ3v) is 8.42. The molecule has 0 saturated carbocycles. The summed E-state index contributed by atoms with van der Waals surface area (Å²) < 4.78 is 26.7. The van der Waals surface area contributed by atoms with Gasteiger partial charge in [-0.1, -0.05) is 56.3 Å². The van der Waals surface area contributed by atoms with E-state index in [2.05, 4.69) is 51.8 Å². The fourth-order valence-corrected chi connectivity index (χ4v) is 5.88. The number of anilines is 1. The van der Waals surface area contributed by atoms with Crippen molar-refractivity contribution >= 4 is 56.2 Å². The third-order valence-electron chi connectivity index (χ3n) is 6.42. The van der Waals surface area contributed by atoms with Gasteiger partial charge in [0, 0.05) is 44.0 Å². The van der Waals surface area contributed by atoms with Crippen molar-refractivity contribution in [3.63, 3.8) is 0 Å². The van der Waals surface area contributed by atoms with Gasteiger partial charge in [-0.2, -0.15) is 0 Å². The number of rotatable bonds is 8. The zero-order valence-electron chi connectivity index (χ0n) is 19.8. The van der Waals surface area contributed by atoms with Gasteiger partial charge in [0.15, 0.2) is 0 Å². The lowest BCUT2D eigenvalue weighted by atomic mass is 9.94. The number of aromatic nitrogens is 1. The first-order valence-corrected chi connectivity index (χ1v) is 13.9. The number of likely N-dealkylation sites (N-methyl/N-ethyl adjacent to an activating group) is 1. The maximum Gasteiger partial charge on any atom is 0.211 e. The van der Waals surface area contributed by atoms with Gasteiger partial charge in [-0.25, -0.2) is 18.1 Å². The summed E-state index contributed by atoms with van der Waals surface area (Å²) >= 11 is 6.67. The molecule has 1 aromatic carbocycles. The molecule has 4 rings (SSSR count). The van der Waals surface area contributed by atoms with E-state index in [1.165, 1.54) is 0 Å². The Morgan fingerprint density at radius 1 is 1.15 bits per heavy atom. The molecule has 9 heteroatoms. The van der Waals surface area contributed by atoms with Gasteiger partial charge >= 0.3 is 0 Å². The molecule has 0 radical (unpaired) electrons. The van der Waals surface area contributed by atoms with Crippen LogP contribution in [-0.2, 0) is 10.0 Å². The number of alkyl halides is 1. The third kappa shape index (κ3) is 6.32. The molecule has 186 valence electrons. The molecule has 0 bridgehead atoms. The number of benzene rings is 1. The molecular weight excluding hydrogens is 491 g/mol. The van der Waals surface area contributed by atoms with Crippen molar-refractivity contribution in [2.75, 3.05) is 49.9 Å². The molecule has 34 heavy (non-hydrogen) atoms. The van der Waals surface area contributed by atoms with Gasteiger partial charge in [0.05, 0.1) is 16.8 Å². The van der Waals surface area contributed by atoms with E-state index in [1.807, 2.05) is 25.2 Å². The van der Waals surface area contributed by atoms with Crippen LogP contribution in [0.1, 0.15) is 26.0 Å². The molecule has 0 amide bonds. The fourth-order valence-electron chi connectivity index (χ4n) is 4.44. The van der Waals surface area contributed by atoms with E-state index in [4.69, 9.17) is 16.6 Å². The van der Waals surface area contributed by atoms with Crippen molar-refractivity contribution in [2.45, 2.75) is 25.6 Å². The second-order valence-corrected chi connectivity index (χ2v) is 11.2. The van der Waals surface area contributed by atoms with Crippen molar-refractivity contribution in [2.24, 2.45) is 5.92 Å². The first-order chi connectivity index (χ1) is 15.9. The summed E-state index contributed by atoms with van der Waals surface area (Å²) in [6.07, 6.45) is 6.61. The van der Waals surface area contributed by atoms with Gasteiger partial charge in [-0.05, 0) is 30.0 Å². The minimum absolute atomic E-state index is 0. The molecule has 1 aliphatic heterocycles. The van der Waals surface area contributed by atoms with Crippen molar-refractivity contribution in [3.8, 4) is 0 Å². The van der Waals surface area contributed by atoms with Crippen molar-refractivity contribution in [1.82, 2.24) is 14.6 Å². The summed E-state index contributed by atoms with van der Waals surface area (Å²) in [7, 11) is -3.25. The number of halogens is 2. The molecule has 2 heterocycles. The number of pyridine rings is 1. The number of piperazine rings is 1. The van der Waals surface area contributed by atoms with Crippen LogP contribution in [-0.4, -0.2) is 68.7 Å². The van der Waals surface area contributed by atoms with E-state index in [9.17, 15) is 8.42 Å². The maximum atomic E-state index is 12.0. The molecule has 2 unspecified atom stereocenters. The first kappa shape index (κ1) is 27.0. The van der Waals surface area contributed by atoms with E-state index >= 15 is 0 Å². The predicted molar refractivity (Wildman–Crippen MR) is 146 cm³/mol. The van der Waals surface area contributed by atoms with E-state index in [-0.39, 0.29) is 29.5 Å². The second kappa shape index (κ2) is 11.9. The van der Waals surface area contributed by atoms with E-state index in [0.717, 1.165) is 60.6 Å². The average Bonchev–Trinajstić information content (AvgIpc) is 2.82. The average molecular weight is 526 g/mol. The highest BCUT2D eigenvalue weighted by molar-refractivity contribution is 7.89. The Morgan fingerprint density at radius 2 is 1.88 bits per heavy atom. The molecule has 1 fully saturated rings. The number of hydrogen-bond acceptors (Lipinski definition) is 5. The van der Waals surface area contributed by atoms with Crippen LogP contribution < -0.4 is 9.62 Å². The number of nitrogens with one attached hydrogen (secondary N) is 1. The Morgan fingerprint density at radius 3 is 2.56 bits per heavy atom. The second-order valence-electron chi connectivity index (χ2n) is 8.73. The molecule has 0 spiro atoms. The van der Waals surface area contributed by atoms with E-state index in [0.29, 0.717) is 13.0 Å². The van der Waals surface area contributed by atoms with Gasteiger partial charge in [-0.15, -0.1) is 24.0 Å². The Hall–Kier alpha value is -1.64. The Bertz CT molecular complexity index is 1140. The maximum absolute atomic E-state index is 12.0. The zero-order valence-corrected chi connectivity index (χ0v) is 22.2. The van der Waals surface area contributed by atoms with Crippen molar-refractivity contribution < 1.29 is 8.42 Å². The van der Waals surface area contributed by atoms with E-state index < -0.39 is 10.0 Å².